The van der Waals surface area contributed by atoms with E-state index in [0.717, 1.165) is 26.1 Å². The summed E-state index contributed by atoms with van der Waals surface area (Å²) in [4.78, 5) is 4.75. The summed E-state index contributed by atoms with van der Waals surface area (Å²) in [5.74, 6) is 0. The lowest BCUT2D eigenvalue weighted by Gasteiger charge is -2.40. The van der Waals surface area contributed by atoms with Crippen LogP contribution in [0, 0.1) is 11.3 Å². The molecule has 1 saturated heterocycles. The second-order valence-electron chi connectivity index (χ2n) is 5.28. The van der Waals surface area contributed by atoms with Gasteiger partial charge in [0.05, 0.1) is 12.5 Å². The summed E-state index contributed by atoms with van der Waals surface area (Å²) in [6.45, 7) is 11.3. The van der Waals surface area contributed by atoms with E-state index < -0.39 is 0 Å². The molecular formula is C13H23N3. The van der Waals surface area contributed by atoms with Gasteiger partial charge in [-0.1, -0.05) is 6.08 Å². The molecule has 0 N–H and O–H groups in total. The first-order chi connectivity index (χ1) is 7.51. The number of nitrogens with zero attached hydrogens (tertiary/aromatic N) is 3. The van der Waals surface area contributed by atoms with Crippen molar-refractivity contribution >= 4 is 0 Å². The van der Waals surface area contributed by atoms with Crippen molar-refractivity contribution < 1.29 is 0 Å². The minimum atomic E-state index is 0.153. The lowest BCUT2D eigenvalue weighted by Crippen LogP contribution is -2.50. The normalized spacial score (nSPS) is 27.0. The summed E-state index contributed by atoms with van der Waals surface area (Å²) in [7, 11) is 2.14. The van der Waals surface area contributed by atoms with Gasteiger partial charge < -0.3 is 4.90 Å². The zero-order chi connectivity index (χ0) is 12.2. The highest BCUT2D eigenvalue weighted by atomic mass is 15.3. The van der Waals surface area contributed by atoms with Crippen LogP contribution >= 0.6 is 0 Å². The van der Waals surface area contributed by atoms with Crippen LogP contribution < -0.4 is 0 Å². The summed E-state index contributed by atoms with van der Waals surface area (Å²) in [6.07, 6.45) is 3.68. The Bertz CT molecular complexity index is 277. The van der Waals surface area contributed by atoms with Crippen LogP contribution in [0.3, 0.4) is 0 Å². The van der Waals surface area contributed by atoms with Gasteiger partial charge in [-0.3, -0.25) is 4.90 Å². The van der Waals surface area contributed by atoms with Crippen molar-refractivity contribution in [2.24, 2.45) is 0 Å². The molecule has 1 heterocycles. The Morgan fingerprint density at radius 2 is 2.25 bits per heavy atom. The molecule has 0 aliphatic carbocycles. The predicted molar refractivity (Wildman–Crippen MR) is 67.1 cm³/mol. The average molecular weight is 221 g/mol. The monoisotopic (exact) mass is 221 g/mol. The summed E-state index contributed by atoms with van der Waals surface area (Å²) in [6, 6.07) is 2.63. The Balaban J connectivity index is 2.89. The Kier molecular flexibility index (Phi) is 4.52. The first kappa shape index (κ1) is 13.2. The van der Waals surface area contributed by atoms with Crippen molar-refractivity contribution in [1.82, 2.24) is 9.80 Å². The molecule has 0 amide bonds. The number of hydrogen-bond donors (Lipinski definition) is 0. The molecule has 0 aromatic heterocycles. The number of nitriles is 1. The Morgan fingerprint density at radius 1 is 1.56 bits per heavy atom. The van der Waals surface area contributed by atoms with Crippen LogP contribution in [0.2, 0.25) is 0 Å². The highest BCUT2D eigenvalue weighted by molar-refractivity contribution is 4.97. The van der Waals surface area contributed by atoms with E-state index in [1.807, 2.05) is 6.08 Å². The predicted octanol–water partition coefficient (Wildman–Crippen LogP) is 1.87. The molecule has 0 aromatic carbocycles. The number of likely N-dealkylation sites (N-methyl/N-ethyl adjacent to an activating group) is 1. The van der Waals surface area contributed by atoms with Gasteiger partial charge in [0.15, 0.2) is 0 Å². The lowest BCUT2D eigenvalue weighted by molar-refractivity contribution is 0.0918. The third-order valence-corrected chi connectivity index (χ3v) is 3.50. The SMILES string of the molecule is C=CCN1C(CC#N)CN(C)CCC1(C)C. The van der Waals surface area contributed by atoms with Gasteiger partial charge in [-0.2, -0.15) is 5.26 Å². The Morgan fingerprint density at radius 3 is 2.81 bits per heavy atom. The molecular weight excluding hydrogens is 198 g/mol. The summed E-state index contributed by atoms with van der Waals surface area (Å²) < 4.78 is 0. The molecule has 0 spiro atoms. The summed E-state index contributed by atoms with van der Waals surface area (Å²) in [5, 5.41) is 8.93. The van der Waals surface area contributed by atoms with Crippen LogP contribution in [-0.2, 0) is 0 Å². The van der Waals surface area contributed by atoms with E-state index >= 15 is 0 Å². The van der Waals surface area contributed by atoms with Crippen LogP contribution in [0.4, 0.5) is 0 Å². The zero-order valence-corrected chi connectivity index (χ0v) is 10.7. The molecule has 1 aliphatic heterocycles. The zero-order valence-electron chi connectivity index (χ0n) is 10.7. The van der Waals surface area contributed by atoms with Gasteiger partial charge in [0.2, 0.25) is 0 Å². The number of rotatable bonds is 3. The minimum Gasteiger partial charge on any atom is -0.305 e. The van der Waals surface area contributed by atoms with Gasteiger partial charge in [0, 0.05) is 24.7 Å². The van der Waals surface area contributed by atoms with Gasteiger partial charge in [-0.05, 0) is 33.9 Å². The van der Waals surface area contributed by atoms with Crippen molar-refractivity contribution in [1.29, 1.82) is 5.26 Å². The molecule has 1 rings (SSSR count). The molecule has 1 unspecified atom stereocenters. The Labute approximate surface area is 99.3 Å². The molecule has 16 heavy (non-hydrogen) atoms. The van der Waals surface area contributed by atoms with Crippen molar-refractivity contribution in [3.05, 3.63) is 12.7 Å². The van der Waals surface area contributed by atoms with E-state index in [4.69, 9.17) is 5.26 Å². The van der Waals surface area contributed by atoms with Crippen LogP contribution in [0.15, 0.2) is 12.7 Å². The van der Waals surface area contributed by atoms with E-state index in [2.05, 4.69) is 43.3 Å². The topological polar surface area (TPSA) is 30.3 Å². The molecule has 3 nitrogen and oxygen atoms in total. The largest absolute Gasteiger partial charge is 0.305 e. The molecule has 1 aliphatic rings. The summed E-state index contributed by atoms with van der Waals surface area (Å²) in [5.41, 5.74) is 0.153. The molecule has 90 valence electrons. The van der Waals surface area contributed by atoms with E-state index in [9.17, 15) is 0 Å². The second-order valence-corrected chi connectivity index (χ2v) is 5.28. The van der Waals surface area contributed by atoms with E-state index in [-0.39, 0.29) is 5.54 Å². The third kappa shape index (κ3) is 3.07. The van der Waals surface area contributed by atoms with Crippen LogP contribution in [0.1, 0.15) is 26.7 Å². The lowest BCUT2D eigenvalue weighted by atomic mass is 9.96. The first-order valence-electron chi connectivity index (χ1n) is 5.94. The molecule has 0 radical (unpaired) electrons. The van der Waals surface area contributed by atoms with Crippen molar-refractivity contribution in [3.63, 3.8) is 0 Å². The fourth-order valence-corrected chi connectivity index (χ4v) is 2.47. The molecule has 3 heteroatoms. The molecule has 1 atom stereocenters. The molecule has 1 fully saturated rings. The molecule has 0 bridgehead atoms. The standard InChI is InChI=1S/C13H23N3/c1-5-9-16-12(6-8-14)11-15(4)10-7-13(16,2)3/h5,12H,1,6-7,9-11H2,2-4H3. The minimum absolute atomic E-state index is 0.153. The van der Waals surface area contributed by atoms with E-state index in [1.165, 1.54) is 0 Å². The van der Waals surface area contributed by atoms with E-state index in [0.29, 0.717) is 12.5 Å². The highest BCUT2D eigenvalue weighted by Gasteiger charge is 2.34. The first-order valence-corrected chi connectivity index (χ1v) is 5.94. The maximum Gasteiger partial charge on any atom is 0.0638 e. The molecule has 0 saturated carbocycles. The quantitative estimate of drug-likeness (QED) is 0.682. The number of hydrogen-bond acceptors (Lipinski definition) is 3. The van der Waals surface area contributed by atoms with Crippen LogP contribution in [-0.4, -0.2) is 48.1 Å². The summed E-state index contributed by atoms with van der Waals surface area (Å²) >= 11 is 0. The van der Waals surface area contributed by atoms with Gasteiger partial charge in [0.1, 0.15) is 0 Å². The second kappa shape index (κ2) is 5.47. The van der Waals surface area contributed by atoms with Gasteiger partial charge in [-0.25, -0.2) is 0 Å². The smallest absolute Gasteiger partial charge is 0.0638 e. The fourth-order valence-electron chi connectivity index (χ4n) is 2.47. The van der Waals surface area contributed by atoms with Crippen LogP contribution in [0.5, 0.6) is 0 Å². The third-order valence-electron chi connectivity index (χ3n) is 3.50. The van der Waals surface area contributed by atoms with Crippen LogP contribution in [0.25, 0.3) is 0 Å². The van der Waals surface area contributed by atoms with Crippen molar-refractivity contribution in [2.75, 3.05) is 26.7 Å². The van der Waals surface area contributed by atoms with Gasteiger partial charge in [0.25, 0.3) is 0 Å². The average Bonchev–Trinajstić information content (AvgIpc) is 2.31. The highest BCUT2D eigenvalue weighted by Crippen LogP contribution is 2.26. The maximum atomic E-state index is 8.93. The maximum absolute atomic E-state index is 8.93. The fraction of sp³-hybridized carbons (Fsp3) is 0.769. The molecule has 0 aromatic rings. The van der Waals surface area contributed by atoms with Gasteiger partial charge >= 0.3 is 0 Å². The van der Waals surface area contributed by atoms with Crippen molar-refractivity contribution in [3.8, 4) is 6.07 Å². The van der Waals surface area contributed by atoms with E-state index in [1.54, 1.807) is 0 Å². The van der Waals surface area contributed by atoms with Gasteiger partial charge in [-0.15, -0.1) is 6.58 Å². The Hall–Kier alpha value is -0.850. The van der Waals surface area contributed by atoms with Crippen molar-refractivity contribution in [2.45, 2.75) is 38.3 Å².